The summed E-state index contributed by atoms with van der Waals surface area (Å²) in [4.78, 5) is 13.1. The molecule has 1 aliphatic heterocycles. The lowest BCUT2D eigenvalue weighted by molar-refractivity contribution is -0.340. The van der Waals surface area contributed by atoms with Gasteiger partial charge in [-0.05, 0) is 44.9 Å². The maximum Gasteiger partial charge on any atom is 0.256 e. The molecule has 1 heterocycles. The van der Waals surface area contributed by atoms with Crippen molar-refractivity contribution in [3.8, 4) is 0 Å². The maximum atomic E-state index is 14.0. The molecule has 0 aliphatic carbocycles. The molecule has 0 radical (unpaired) electrons. The molecular formula is C44H81O9P. The van der Waals surface area contributed by atoms with Gasteiger partial charge in [-0.25, -0.2) is 0 Å². The van der Waals surface area contributed by atoms with Crippen LogP contribution >= 0.6 is 7.37 Å². The van der Waals surface area contributed by atoms with Crippen molar-refractivity contribution in [1.29, 1.82) is 0 Å². The summed E-state index contributed by atoms with van der Waals surface area (Å²) >= 11 is 0. The maximum absolute atomic E-state index is 14.0. The summed E-state index contributed by atoms with van der Waals surface area (Å²) in [6.07, 6.45) is 27.9. The summed E-state index contributed by atoms with van der Waals surface area (Å²) in [6.45, 7) is 13.8. The van der Waals surface area contributed by atoms with Gasteiger partial charge in [0.05, 0.1) is 12.7 Å². The van der Waals surface area contributed by atoms with Gasteiger partial charge in [0, 0.05) is 46.7 Å². The lowest BCUT2D eigenvalue weighted by Crippen LogP contribution is -2.69. The number of carbonyl (C=O) groups excluding carboxylic acids is 1. The SMILES string of the molecule is C=CCP(=O)(CC=C)O[C@H]1[C@H](OCC[C@@H](CCCCCCC)OC)[C@@H](OCCCCCCCCCC/C=C\CCCCCC)C(O)(C(C)=O)O[C@@H]1COC. The molecule has 1 rings (SSSR count). The zero-order chi connectivity index (χ0) is 39.9. The second-order valence-corrected chi connectivity index (χ2v) is 17.7. The Hall–Kier alpha value is -1.16. The van der Waals surface area contributed by atoms with E-state index in [4.69, 9.17) is 28.2 Å². The van der Waals surface area contributed by atoms with E-state index < -0.39 is 43.4 Å². The van der Waals surface area contributed by atoms with E-state index in [1.54, 1.807) is 19.3 Å². The van der Waals surface area contributed by atoms with Gasteiger partial charge in [0.1, 0.15) is 24.4 Å². The van der Waals surface area contributed by atoms with Gasteiger partial charge in [0.2, 0.25) is 7.37 Å². The highest BCUT2D eigenvalue weighted by atomic mass is 31.2. The van der Waals surface area contributed by atoms with Crippen molar-refractivity contribution in [3.63, 3.8) is 0 Å². The largest absolute Gasteiger partial charge is 0.382 e. The van der Waals surface area contributed by atoms with Crippen LogP contribution in [0.1, 0.15) is 156 Å². The van der Waals surface area contributed by atoms with E-state index >= 15 is 0 Å². The Kier molecular flexibility index (Phi) is 30.0. The number of rotatable bonds is 37. The average molecular weight is 785 g/mol. The number of aliphatic hydroxyl groups is 1. The first-order valence-corrected chi connectivity index (χ1v) is 23.4. The minimum Gasteiger partial charge on any atom is -0.382 e. The molecule has 0 aromatic heterocycles. The highest BCUT2D eigenvalue weighted by Gasteiger charge is 2.59. The third-order valence-corrected chi connectivity index (χ3v) is 12.6. The standard InChI is InChI=1S/C44H81O9P/c1-8-12-14-16-17-18-19-20-21-22-23-24-25-26-28-30-33-51-43-42(50-34-32-39(49-7)31-29-27-15-13-9-2)41(53-54(47,35-10-3)36-11-4)40(37-48-6)52-44(43,46)38(5)45/h10-11,18-19,39-43,46H,3-4,8-9,12-17,20-37H2,1-2,5-7H3/b19-18-/t39-,40-,41-,42+,43-,44?/m1/s1. The van der Waals surface area contributed by atoms with Crippen LogP contribution in [0.25, 0.3) is 0 Å². The highest BCUT2D eigenvalue weighted by Crippen LogP contribution is 2.51. The third-order valence-electron chi connectivity index (χ3n) is 10.3. The summed E-state index contributed by atoms with van der Waals surface area (Å²) in [6, 6.07) is 0. The van der Waals surface area contributed by atoms with Crippen LogP contribution in [0.5, 0.6) is 0 Å². The summed E-state index contributed by atoms with van der Waals surface area (Å²) in [7, 11) is -0.119. The number of ketones is 1. The van der Waals surface area contributed by atoms with E-state index in [0.29, 0.717) is 13.0 Å². The number of methoxy groups -OCH3 is 2. The molecule has 0 aromatic carbocycles. The van der Waals surface area contributed by atoms with E-state index in [9.17, 15) is 14.5 Å². The summed E-state index contributed by atoms with van der Waals surface area (Å²) < 4.78 is 50.7. The molecule has 0 bridgehead atoms. The Morgan fingerprint density at radius 2 is 1.30 bits per heavy atom. The van der Waals surface area contributed by atoms with Crippen molar-refractivity contribution in [3.05, 3.63) is 37.5 Å². The van der Waals surface area contributed by atoms with Crippen LogP contribution in [0.2, 0.25) is 0 Å². The summed E-state index contributed by atoms with van der Waals surface area (Å²) in [5.74, 6) is -2.91. The van der Waals surface area contributed by atoms with Gasteiger partial charge in [-0.1, -0.05) is 128 Å². The molecule has 1 fully saturated rings. The fourth-order valence-corrected chi connectivity index (χ4v) is 8.90. The fraction of sp³-hybridized carbons (Fsp3) is 0.841. The molecule has 10 heteroatoms. The summed E-state index contributed by atoms with van der Waals surface area (Å²) in [5, 5.41) is 11.9. The van der Waals surface area contributed by atoms with Gasteiger partial charge in [0.25, 0.3) is 5.79 Å². The van der Waals surface area contributed by atoms with Crippen molar-refractivity contribution < 1.29 is 42.7 Å². The van der Waals surface area contributed by atoms with Crippen LogP contribution in [0.3, 0.4) is 0 Å². The zero-order valence-corrected chi connectivity index (χ0v) is 36.0. The Balaban J connectivity index is 2.92. The second kappa shape index (κ2) is 31.9. The molecule has 0 aromatic rings. The Morgan fingerprint density at radius 3 is 1.83 bits per heavy atom. The predicted octanol–water partition coefficient (Wildman–Crippen LogP) is 10.9. The lowest BCUT2D eigenvalue weighted by atomic mass is 9.90. The molecule has 1 aliphatic rings. The van der Waals surface area contributed by atoms with E-state index in [0.717, 1.165) is 38.5 Å². The Bertz CT molecular complexity index is 1020. The van der Waals surface area contributed by atoms with Crippen molar-refractivity contribution in [2.45, 2.75) is 192 Å². The van der Waals surface area contributed by atoms with Crippen molar-refractivity contribution >= 4 is 13.2 Å². The van der Waals surface area contributed by atoms with Gasteiger partial charge >= 0.3 is 0 Å². The Morgan fingerprint density at radius 1 is 0.759 bits per heavy atom. The average Bonchev–Trinajstić information content (AvgIpc) is 3.14. The molecule has 54 heavy (non-hydrogen) atoms. The highest BCUT2D eigenvalue weighted by molar-refractivity contribution is 7.59. The van der Waals surface area contributed by atoms with Gasteiger partial charge in [0.15, 0.2) is 5.78 Å². The van der Waals surface area contributed by atoms with Crippen LogP contribution in [0, 0.1) is 0 Å². The topological polar surface area (TPSA) is 110 Å². The Labute approximate surface area is 330 Å². The third kappa shape index (κ3) is 20.8. The molecular weight excluding hydrogens is 703 g/mol. The van der Waals surface area contributed by atoms with Crippen LogP contribution in [0.15, 0.2) is 37.5 Å². The first kappa shape index (κ1) is 50.9. The number of carbonyl (C=O) groups is 1. The molecule has 1 saturated heterocycles. The number of unbranched alkanes of at least 4 members (excludes halogenated alkanes) is 16. The first-order valence-electron chi connectivity index (χ1n) is 21.5. The number of Topliss-reactive ketones (excluding diaryl/α,β-unsaturated/α-hetero) is 1. The molecule has 316 valence electrons. The van der Waals surface area contributed by atoms with Gasteiger partial charge in [-0.2, -0.15) is 0 Å². The summed E-state index contributed by atoms with van der Waals surface area (Å²) in [5.41, 5.74) is 0. The predicted molar refractivity (Wildman–Crippen MR) is 223 cm³/mol. The number of allylic oxidation sites excluding steroid dienone is 4. The first-order chi connectivity index (χ1) is 26.2. The van der Waals surface area contributed by atoms with Gasteiger partial charge in [-0.3, -0.25) is 9.36 Å². The molecule has 1 N–H and O–H groups in total. The minimum atomic E-state index is -3.33. The monoisotopic (exact) mass is 785 g/mol. The zero-order valence-electron chi connectivity index (χ0n) is 35.2. The number of hydrogen-bond acceptors (Lipinski definition) is 9. The van der Waals surface area contributed by atoms with Crippen LogP contribution in [-0.2, 0) is 37.6 Å². The van der Waals surface area contributed by atoms with Crippen molar-refractivity contribution in [2.24, 2.45) is 0 Å². The normalized spacial score (nSPS) is 22.5. The van der Waals surface area contributed by atoms with Gasteiger partial charge in [-0.15, -0.1) is 13.2 Å². The van der Waals surface area contributed by atoms with Crippen molar-refractivity contribution in [2.75, 3.05) is 46.4 Å². The fourth-order valence-electron chi connectivity index (χ4n) is 7.09. The molecule has 1 unspecified atom stereocenters. The lowest BCUT2D eigenvalue weighted by Gasteiger charge is -2.49. The quantitative estimate of drug-likeness (QED) is 0.0374. The number of ether oxygens (including phenoxy) is 5. The molecule has 0 amide bonds. The molecule has 6 atom stereocenters. The van der Waals surface area contributed by atoms with E-state index in [1.807, 2.05) is 0 Å². The van der Waals surface area contributed by atoms with Crippen LogP contribution in [-0.4, -0.2) is 93.6 Å². The number of hydrogen-bond donors (Lipinski definition) is 1. The van der Waals surface area contributed by atoms with Crippen LogP contribution in [0.4, 0.5) is 0 Å². The van der Waals surface area contributed by atoms with Crippen LogP contribution < -0.4 is 0 Å². The molecule has 9 nitrogen and oxygen atoms in total. The molecule has 0 spiro atoms. The van der Waals surface area contributed by atoms with E-state index in [-0.39, 0.29) is 31.6 Å². The smallest absolute Gasteiger partial charge is 0.256 e. The van der Waals surface area contributed by atoms with E-state index in [2.05, 4.69) is 39.2 Å². The minimum absolute atomic E-state index is 0.0127. The van der Waals surface area contributed by atoms with E-state index in [1.165, 1.54) is 104 Å². The molecule has 0 saturated carbocycles. The second-order valence-electron chi connectivity index (χ2n) is 15.1. The van der Waals surface area contributed by atoms with Crippen molar-refractivity contribution in [1.82, 2.24) is 0 Å². The van der Waals surface area contributed by atoms with Gasteiger partial charge < -0.3 is 33.3 Å².